The number of carbonyl (C=O) groups excluding carboxylic acids is 2. The Bertz CT molecular complexity index is 845. The summed E-state index contributed by atoms with van der Waals surface area (Å²) >= 11 is 0. The first-order valence-corrected chi connectivity index (χ1v) is 12.8. The number of hydrogen-bond acceptors (Lipinski definition) is 4. The van der Waals surface area contributed by atoms with Crippen LogP contribution in [-0.2, 0) is 9.47 Å². The maximum absolute atomic E-state index is 12.9. The molecule has 0 fully saturated rings. The minimum Gasteiger partial charge on any atom is -0.462 e. The highest BCUT2D eigenvalue weighted by molar-refractivity contribution is 5.89. The standard InChI is InChI=1S/C30H42O4/c1-6-28(34-30(32)25-15-11-8-12-16-25)27(20-18-23(4)5)26(19-17-22(2)3)21-33-29(31)24-13-9-7-10-14-24/h7-16,22-23,26-28H,6,17-21H2,1-5H3. The fourth-order valence-electron chi connectivity index (χ4n) is 4.31. The second kappa shape index (κ2) is 14.6. The molecule has 2 aromatic carbocycles. The third-order valence-corrected chi connectivity index (χ3v) is 6.38. The van der Waals surface area contributed by atoms with Crippen LogP contribution < -0.4 is 0 Å². The van der Waals surface area contributed by atoms with Crippen LogP contribution in [0.5, 0.6) is 0 Å². The third kappa shape index (κ3) is 9.32. The lowest BCUT2D eigenvalue weighted by Crippen LogP contribution is -2.35. The quantitative estimate of drug-likeness (QED) is 0.269. The fourth-order valence-corrected chi connectivity index (χ4v) is 4.31. The van der Waals surface area contributed by atoms with Crippen LogP contribution in [0.25, 0.3) is 0 Å². The smallest absolute Gasteiger partial charge is 0.338 e. The number of hydrogen-bond donors (Lipinski definition) is 0. The second-order valence-electron chi connectivity index (χ2n) is 10.0. The van der Waals surface area contributed by atoms with Crippen molar-refractivity contribution in [2.75, 3.05) is 6.61 Å². The molecule has 0 bridgehead atoms. The summed E-state index contributed by atoms with van der Waals surface area (Å²) < 4.78 is 11.9. The van der Waals surface area contributed by atoms with Gasteiger partial charge in [0.25, 0.3) is 0 Å². The van der Waals surface area contributed by atoms with Gasteiger partial charge in [-0.15, -0.1) is 0 Å². The Morgan fingerprint density at radius 3 is 1.71 bits per heavy atom. The Hall–Kier alpha value is -2.62. The van der Waals surface area contributed by atoms with Gasteiger partial charge in [0.05, 0.1) is 17.7 Å². The van der Waals surface area contributed by atoms with E-state index in [0.29, 0.717) is 29.6 Å². The van der Waals surface area contributed by atoms with Crippen molar-refractivity contribution >= 4 is 11.9 Å². The molecule has 3 atom stereocenters. The van der Waals surface area contributed by atoms with Gasteiger partial charge >= 0.3 is 11.9 Å². The van der Waals surface area contributed by atoms with Crippen molar-refractivity contribution in [3.05, 3.63) is 71.8 Å². The van der Waals surface area contributed by atoms with Crippen LogP contribution in [0.2, 0.25) is 0 Å². The molecule has 0 N–H and O–H groups in total. The second-order valence-corrected chi connectivity index (χ2v) is 10.0. The molecule has 0 saturated heterocycles. The molecule has 2 aromatic rings. The molecule has 186 valence electrons. The van der Waals surface area contributed by atoms with Crippen LogP contribution in [-0.4, -0.2) is 24.6 Å². The van der Waals surface area contributed by atoms with E-state index in [0.717, 1.165) is 32.1 Å². The predicted octanol–water partition coefficient (Wildman–Crippen LogP) is 7.58. The van der Waals surface area contributed by atoms with E-state index < -0.39 is 0 Å². The zero-order chi connectivity index (χ0) is 24.9. The Kier molecular flexibility index (Phi) is 11.9. The first-order valence-electron chi connectivity index (χ1n) is 12.8. The highest BCUT2D eigenvalue weighted by Gasteiger charge is 2.32. The highest BCUT2D eigenvalue weighted by Crippen LogP contribution is 2.32. The molecule has 0 heterocycles. The first-order chi connectivity index (χ1) is 16.3. The van der Waals surface area contributed by atoms with Crippen molar-refractivity contribution in [1.29, 1.82) is 0 Å². The van der Waals surface area contributed by atoms with Gasteiger partial charge in [-0.05, 0) is 61.3 Å². The molecule has 4 heteroatoms. The number of carbonyl (C=O) groups is 2. The van der Waals surface area contributed by atoms with Crippen LogP contribution in [0, 0.1) is 23.7 Å². The van der Waals surface area contributed by atoms with Gasteiger partial charge in [-0.1, -0.05) is 83.9 Å². The maximum atomic E-state index is 12.9. The van der Waals surface area contributed by atoms with Crippen molar-refractivity contribution in [2.24, 2.45) is 23.7 Å². The van der Waals surface area contributed by atoms with E-state index in [1.165, 1.54) is 0 Å². The molecule has 0 aliphatic rings. The minimum absolute atomic E-state index is 0.127. The molecule has 3 unspecified atom stereocenters. The van der Waals surface area contributed by atoms with Crippen LogP contribution in [0.4, 0.5) is 0 Å². The number of ether oxygens (including phenoxy) is 2. The SMILES string of the molecule is CCC(OC(=O)c1ccccc1)C(CCC(C)C)C(CCC(C)C)COC(=O)c1ccccc1. The minimum atomic E-state index is -0.299. The molecular weight excluding hydrogens is 424 g/mol. The Morgan fingerprint density at radius 2 is 1.21 bits per heavy atom. The monoisotopic (exact) mass is 466 g/mol. The molecule has 0 spiro atoms. The number of esters is 2. The van der Waals surface area contributed by atoms with E-state index in [1.54, 1.807) is 24.3 Å². The van der Waals surface area contributed by atoms with E-state index in [2.05, 4.69) is 34.6 Å². The number of benzene rings is 2. The summed E-state index contributed by atoms with van der Waals surface area (Å²) in [4.78, 5) is 25.6. The summed E-state index contributed by atoms with van der Waals surface area (Å²) in [6, 6.07) is 18.3. The molecule has 0 amide bonds. The van der Waals surface area contributed by atoms with Gasteiger partial charge in [-0.2, -0.15) is 0 Å². The van der Waals surface area contributed by atoms with Crippen molar-refractivity contribution in [1.82, 2.24) is 0 Å². The van der Waals surface area contributed by atoms with E-state index >= 15 is 0 Å². The van der Waals surface area contributed by atoms with Gasteiger partial charge in [-0.3, -0.25) is 0 Å². The zero-order valence-corrected chi connectivity index (χ0v) is 21.5. The van der Waals surface area contributed by atoms with Crippen LogP contribution in [0.3, 0.4) is 0 Å². The predicted molar refractivity (Wildman–Crippen MR) is 138 cm³/mol. The van der Waals surface area contributed by atoms with Crippen molar-refractivity contribution in [2.45, 2.75) is 72.8 Å². The van der Waals surface area contributed by atoms with Crippen molar-refractivity contribution in [3.63, 3.8) is 0 Å². The highest BCUT2D eigenvalue weighted by atomic mass is 16.5. The number of rotatable bonds is 14. The Morgan fingerprint density at radius 1 is 0.706 bits per heavy atom. The largest absolute Gasteiger partial charge is 0.462 e. The average Bonchev–Trinajstić information content (AvgIpc) is 2.84. The van der Waals surface area contributed by atoms with Gasteiger partial charge in [0.2, 0.25) is 0 Å². The molecule has 4 nitrogen and oxygen atoms in total. The van der Waals surface area contributed by atoms with Crippen LogP contribution in [0.15, 0.2) is 60.7 Å². The summed E-state index contributed by atoms with van der Waals surface area (Å²) in [6.07, 6.45) is 4.45. The summed E-state index contributed by atoms with van der Waals surface area (Å²) in [6.45, 7) is 11.3. The lowest BCUT2D eigenvalue weighted by molar-refractivity contribution is -0.0162. The summed E-state index contributed by atoms with van der Waals surface area (Å²) in [7, 11) is 0. The Balaban J connectivity index is 2.22. The van der Waals surface area contributed by atoms with Crippen molar-refractivity contribution in [3.8, 4) is 0 Å². The Labute approximate surface area is 206 Å². The van der Waals surface area contributed by atoms with Gasteiger partial charge in [0.1, 0.15) is 6.10 Å². The summed E-state index contributed by atoms with van der Waals surface area (Å²) in [5, 5.41) is 0. The van der Waals surface area contributed by atoms with Gasteiger partial charge in [0.15, 0.2) is 0 Å². The fraction of sp³-hybridized carbons (Fsp3) is 0.533. The van der Waals surface area contributed by atoms with E-state index in [-0.39, 0.29) is 29.9 Å². The van der Waals surface area contributed by atoms with E-state index in [4.69, 9.17) is 9.47 Å². The van der Waals surface area contributed by atoms with Gasteiger partial charge in [0, 0.05) is 5.92 Å². The lowest BCUT2D eigenvalue weighted by atomic mass is 9.78. The van der Waals surface area contributed by atoms with Crippen LogP contribution >= 0.6 is 0 Å². The first kappa shape index (κ1) is 27.6. The molecular formula is C30H42O4. The molecule has 2 rings (SSSR count). The van der Waals surface area contributed by atoms with Gasteiger partial charge in [-0.25, -0.2) is 9.59 Å². The lowest BCUT2D eigenvalue weighted by Gasteiger charge is -2.34. The molecule has 0 radical (unpaired) electrons. The third-order valence-electron chi connectivity index (χ3n) is 6.38. The average molecular weight is 467 g/mol. The maximum Gasteiger partial charge on any atom is 0.338 e. The van der Waals surface area contributed by atoms with E-state index in [9.17, 15) is 9.59 Å². The molecule has 0 saturated carbocycles. The normalized spacial score (nSPS) is 14.0. The summed E-state index contributed by atoms with van der Waals surface area (Å²) in [5.41, 5.74) is 1.13. The topological polar surface area (TPSA) is 52.6 Å². The van der Waals surface area contributed by atoms with Gasteiger partial charge < -0.3 is 9.47 Å². The molecule has 34 heavy (non-hydrogen) atoms. The molecule has 0 aliphatic carbocycles. The molecule has 0 aromatic heterocycles. The van der Waals surface area contributed by atoms with Crippen molar-refractivity contribution < 1.29 is 19.1 Å². The summed E-state index contributed by atoms with van der Waals surface area (Å²) in [5.74, 6) is 0.759. The van der Waals surface area contributed by atoms with E-state index in [1.807, 2.05) is 36.4 Å². The van der Waals surface area contributed by atoms with Crippen LogP contribution in [0.1, 0.15) is 87.4 Å². The molecule has 0 aliphatic heterocycles. The zero-order valence-electron chi connectivity index (χ0n) is 21.5.